The maximum absolute atomic E-state index is 11.3. The highest BCUT2D eigenvalue weighted by atomic mass is 16.3. The van der Waals surface area contributed by atoms with Crippen molar-refractivity contribution in [3.05, 3.63) is 0 Å². The van der Waals surface area contributed by atoms with Gasteiger partial charge in [0.1, 0.15) is 0 Å². The summed E-state index contributed by atoms with van der Waals surface area (Å²) in [6.45, 7) is 6.77. The van der Waals surface area contributed by atoms with Gasteiger partial charge in [-0.15, -0.1) is 0 Å². The molecule has 0 aromatic rings. The van der Waals surface area contributed by atoms with E-state index in [2.05, 4.69) is 0 Å². The van der Waals surface area contributed by atoms with Crippen molar-refractivity contribution < 1.29 is 9.90 Å². The summed E-state index contributed by atoms with van der Waals surface area (Å²) in [5.41, 5.74) is 0. The second-order valence-electron chi connectivity index (χ2n) is 3.04. The van der Waals surface area contributed by atoms with Crippen LogP contribution in [-0.4, -0.2) is 35.1 Å². The van der Waals surface area contributed by atoms with Crippen molar-refractivity contribution >= 4 is 5.91 Å². The third-order valence-corrected chi connectivity index (χ3v) is 1.63. The van der Waals surface area contributed by atoms with Crippen molar-refractivity contribution in [1.82, 2.24) is 4.90 Å². The molecule has 0 fully saturated rings. The molecule has 0 aliphatic rings. The molecule has 3 nitrogen and oxygen atoms in total. The second kappa shape index (κ2) is 6.00. The normalized spacial score (nSPS) is 12.7. The number of amides is 1. The van der Waals surface area contributed by atoms with Gasteiger partial charge in [0, 0.05) is 19.5 Å². The highest BCUT2D eigenvalue weighted by molar-refractivity contribution is 5.75. The lowest BCUT2D eigenvalue weighted by molar-refractivity contribution is -0.132. The molecule has 0 heterocycles. The molecule has 72 valence electrons. The molecule has 0 aromatic carbocycles. The van der Waals surface area contributed by atoms with Gasteiger partial charge in [-0.05, 0) is 13.3 Å². The first kappa shape index (κ1) is 11.4. The quantitative estimate of drug-likeness (QED) is 0.674. The Labute approximate surface area is 74.4 Å². The summed E-state index contributed by atoms with van der Waals surface area (Å²) in [5.74, 6) is 0.123. The zero-order valence-electron chi connectivity index (χ0n) is 8.21. The van der Waals surface area contributed by atoms with E-state index in [9.17, 15) is 4.79 Å². The highest BCUT2D eigenvalue weighted by Gasteiger charge is 2.11. The number of aliphatic hydroxyl groups excluding tert-OH is 1. The van der Waals surface area contributed by atoms with Gasteiger partial charge in [-0.25, -0.2) is 0 Å². The molecule has 0 saturated heterocycles. The van der Waals surface area contributed by atoms with Gasteiger partial charge in [0.15, 0.2) is 0 Å². The van der Waals surface area contributed by atoms with E-state index in [0.29, 0.717) is 13.0 Å². The molecular weight excluding hydrogens is 154 g/mol. The minimum absolute atomic E-state index is 0.123. The van der Waals surface area contributed by atoms with Gasteiger partial charge in [-0.2, -0.15) is 0 Å². The predicted octanol–water partition coefficient (Wildman–Crippen LogP) is 1.02. The van der Waals surface area contributed by atoms with E-state index in [1.54, 1.807) is 11.8 Å². The van der Waals surface area contributed by atoms with Crippen LogP contribution in [0.25, 0.3) is 0 Å². The van der Waals surface area contributed by atoms with Gasteiger partial charge in [0.05, 0.1) is 6.10 Å². The zero-order valence-corrected chi connectivity index (χ0v) is 8.21. The van der Waals surface area contributed by atoms with E-state index in [-0.39, 0.29) is 5.91 Å². The average molecular weight is 173 g/mol. The standard InChI is InChI=1S/C9H19NO2/c1-4-6-10(7-8(3)11)9(12)5-2/h8,11H,4-7H2,1-3H3. The van der Waals surface area contributed by atoms with Crippen molar-refractivity contribution in [2.45, 2.75) is 39.7 Å². The number of carbonyl (C=O) groups excluding carboxylic acids is 1. The molecule has 1 N–H and O–H groups in total. The molecule has 0 aromatic heterocycles. The fraction of sp³-hybridized carbons (Fsp3) is 0.889. The Morgan fingerprint density at radius 2 is 2.08 bits per heavy atom. The summed E-state index contributed by atoms with van der Waals surface area (Å²) in [7, 11) is 0. The summed E-state index contributed by atoms with van der Waals surface area (Å²) in [5, 5.41) is 9.10. The van der Waals surface area contributed by atoms with Crippen molar-refractivity contribution in [1.29, 1.82) is 0 Å². The Morgan fingerprint density at radius 3 is 2.42 bits per heavy atom. The third kappa shape index (κ3) is 4.34. The van der Waals surface area contributed by atoms with Crippen LogP contribution in [0.1, 0.15) is 33.6 Å². The maximum atomic E-state index is 11.3. The van der Waals surface area contributed by atoms with Crippen molar-refractivity contribution in [3.8, 4) is 0 Å². The largest absolute Gasteiger partial charge is 0.392 e. The van der Waals surface area contributed by atoms with Crippen LogP contribution in [0, 0.1) is 0 Å². The summed E-state index contributed by atoms with van der Waals surface area (Å²) in [6.07, 6.45) is 1.04. The molecule has 0 saturated carbocycles. The second-order valence-corrected chi connectivity index (χ2v) is 3.04. The topological polar surface area (TPSA) is 40.5 Å². The lowest BCUT2D eigenvalue weighted by atomic mass is 10.3. The van der Waals surface area contributed by atoms with E-state index in [1.165, 1.54) is 0 Å². The molecule has 0 aliphatic carbocycles. The van der Waals surface area contributed by atoms with Crippen molar-refractivity contribution in [3.63, 3.8) is 0 Å². The highest BCUT2D eigenvalue weighted by Crippen LogP contribution is 1.98. The first-order valence-electron chi connectivity index (χ1n) is 4.57. The summed E-state index contributed by atoms with van der Waals surface area (Å²) in [6, 6.07) is 0. The summed E-state index contributed by atoms with van der Waals surface area (Å²) < 4.78 is 0. The van der Waals surface area contributed by atoms with E-state index in [1.807, 2.05) is 13.8 Å². The molecule has 0 spiro atoms. The smallest absolute Gasteiger partial charge is 0.222 e. The Bertz CT molecular complexity index is 134. The van der Waals surface area contributed by atoms with Crippen LogP contribution in [-0.2, 0) is 4.79 Å². The van der Waals surface area contributed by atoms with Crippen LogP contribution >= 0.6 is 0 Å². The first-order chi connectivity index (χ1) is 5.61. The van der Waals surface area contributed by atoms with Gasteiger partial charge in [0.2, 0.25) is 5.91 Å². The van der Waals surface area contributed by atoms with E-state index >= 15 is 0 Å². The van der Waals surface area contributed by atoms with Gasteiger partial charge in [0.25, 0.3) is 0 Å². The molecule has 0 rings (SSSR count). The SMILES string of the molecule is CCCN(CC(C)O)C(=O)CC. The van der Waals surface area contributed by atoms with E-state index < -0.39 is 6.10 Å². The van der Waals surface area contributed by atoms with E-state index in [0.717, 1.165) is 13.0 Å². The van der Waals surface area contributed by atoms with Crippen LogP contribution in [0.2, 0.25) is 0 Å². The minimum Gasteiger partial charge on any atom is -0.392 e. The number of hydrogen-bond acceptors (Lipinski definition) is 2. The molecule has 0 bridgehead atoms. The predicted molar refractivity (Wildman–Crippen MR) is 48.8 cm³/mol. The molecule has 0 radical (unpaired) electrons. The lowest BCUT2D eigenvalue weighted by Crippen LogP contribution is -2.36. The average Bonchev–Trinajstić information content (AvgIpc) is 2.01. The Hall–Kier alpha value is -0.570. The molecule has 12 heavy (non-hydrogen) atoms. The number of carbonyl (C=O) groups is 1. The van der Waals surface area contributed by atoms with Crippen LogP contribution in [0.3, 0.4) is 0 Å². The van der Waals surface area contributed by atoms with Crippen LogP contribution in [0.5, 0.6) is 0 Å². The number of aliphatic hydroxyl groups is 1. The molecule has 1 amide bonds. The van der Waals surface area contributed by atoms with Crippen LogP contribution in [0.15, 0.2) is 0 Å². The summed E-state index contributed by atoms with van der Waals surface area (Å²) in [4.78, 5) is 13.0. The van der Waals surface area contributed by atoms with Gasteiger partial charge >= 0.3 is 0 Å². The number of nitrogens with zero attached hydrogens (tertiary/aromatic N) is 1. The molecular formula is C9H19NO2. The Kier molecular flexibility index (Phi) is 5.72. The first-order valence-corrected chi connectivity index (χ1v) is 4.57. The van der Waals surface area contributed by atoms with Gasteiger partial charge < -0.3 is 10.0 Å². The number of rotatable bonds is 5. The lowest BCUT2D eigenvalue weighted by Gasteiger charge is -2.22. The van der Waals surface area contributed by atoms with E-state index in [4.69, 9.17) is 5.11 Å². The molecule has 1 unspecified atom stereocenters. The van der Waals surface area contributed by atoms with Crippen molar-refractivity contribution in [2.75, 3.05) is 13.1 Å². The Morgan fingerprint density at radius 1 is 1.50 bits per heavy atom. The van der Waals surface area contributed by atoms with Crippen LogP contribution < -0.4 is 0 Å². The van der Waals surface area contributed by atoms with Gasteiger partial charge in [-0.1, -0.05) is 13.8 Å². The minimum atomic E-state index is -0.424. The fourth-order valence-electron chi connectivity index (χ4n) is 1.13. The van der Waals surface area contributed by atoms with Gasteiger partial charge in [-0.3, -0.25) is 4.79 Å². The summed E-state index contributed by atoms with van der Waals surface area (Å²) >= 11 is 0. The molecule has 0 aliphatic heterocycles. The maximum Gasteiger partial charge on any atom is 0.222 e. The zero-order chi connectivity index (χ0) is 9.56. The van der Waals surface area contributed by atoms with Crippen LogP contribution in [0.4, 0.5) is 0 Å². The molecule has 3 heteroatoms. The third-order valence-electron chi connectivity index (χ3n) is 1.63. The van der Waals surface area contributed by atoms with Crippen molar-refractivity contribution in [2.24, 2.45) is 0 Å². The monoisotopic (exact) mass is 173 g/mol. The number of hydrogen-bond donors (Lipinski definition) is 1. The fourth-order valence-corrected chi connectivity index (χ4v) is 1.13. The molecule has 1 atom stereocenters. The Balaban J connectivity index is 3.94.